The number of rotatable bonds is 5. The molecule has 0 unspecified atom stereocenters. The first kappa shape index (κ1) is 18.9. The third-order valence-corrected chi connectivity index (χ3v) is 4.11. The van der Waals surface area contributed by atoms with Crippen molar-refractivity contribution in [3.63, 3.8) is 0 Å². The molecule has 3 heteroatoms. The molecule has 0 atom stereocenters. The molecule has 0 saturated carbocycles. The molecule has 124 valence electrons. The zero-order valence-corrected chi connectivity index (χ0v) is 14.6. The minimum absolute atomic E-state index is 0.0193. The molecule has 0 heterocycles. The van der Waals surface area contributed by atoms with Gasteiger partial charge in [-0.1, -0.05) is 49.8 Å². The molecule has 0 aromatic rings. The van der Waals surface area contributed by atoms with Gasteiger partial charge < -0.3 is 5.11 Å². The molecule has 0 aliphatic heterocycles. The number of aliphatic carboxylic acids is 1. The second-order valence-electron chi connectivity index (χ2n) is 6.68. The largest absolute Gasteiger partial charge is 0.478 e. The summed E-state index contributed by atoms with van der Waals surface area (Å²) in [5.74, 6) is -0.709. The van der Waals surface area contributed by atoms with Crippen LogP contribution in [0.5, 0.6) is 0 Å². The molecule has 1 rings (SSSR count). The van der Waals surface area contributed by atoms with Crippen molar-refractivity contribution in [1.82, 2.24) is 0 Å². The van der Waals surface area contributed by atoms with E-state index in [0.717, 1.165) is 23.1 Å². The van der Waals surface area contributed by atoms with Gasteiger partial charge in [-0.2, -0.15) is 0 Å². The Balaban J connectivity index is 2.89. The lowest BCUT2D eigenvalue weighted by atomic mass is 9.72. The summed E-state index contributed by atoms with van der Waals surface area (Å²) in [5, 5.41) is 8.65. The molecular weight excluding hydrogens is 288 g/mol. The molecule has 23 heavy (non-hydrogen) atoms. The molecule has 1 aliphatic rings. The van der Waals surface area contributed by atoms with Gasteiger partial charge in [0, 0.05) is 12.5 Å². The second kappa shape index (κ2) is 7.91. The molecule has 3 nitrogen and oxygen atoms in total. The van der Waals surface area contributed by atoms with E-state index in [4.69, 9.17) is 5.11 Å². The first-order valence-electron chi connectivity index (χ1n) is 7.82. The number of carboxylic acid groups (broad SMARTS) is 1. The van der Waals surface area contributed by atoms with Crippen LogP contribution in [0, 0.1) is 5.41 Å². The zero-order chi connectivity index (χ0) is 17.6. The van der Waals surface area contributed by atoms with E-state index in [1.165, 1.54) is 6.08 Å². The number of hydrogen-bond acceptors (Lipinski definition) is 2. The lowest BCUT2D eigenvalue weighted by Crippen LogP contribution is -2.24. The Morgan fingerprint density at radius 1 is 1.17 bits per heavy atom. The van der Waals surface area contributed by atoms with Crippen LogP contribution in [0.2, 0.25) is 0 Å². The van der Waals surface area contributed by atoms with Crippen molar-refractivity contribution in [2.45, 2.75) is 47.5 Å². The number of ketones is 1. The van der Waals surface area contributed by atoms with Gasteiger partial charge in [-0.3, -0.25) is 4.79 Å². The van der Waals surface area contributed by atoms with Gasteiger partial charge in [0.25, 0.3) is 0 Å². The molecule has 1 aliphatic carbocycles. The van der Waals surface area contributed by atoms with Crippen molar-refractivity contribution >= 4 is 11.8 Å². The average molecular weight is 314 g/mol. The molecule has 0 spiro atoms. The monoisotopic (exact) mass is 314 g/mol. The van der Waals surface area contributed by atoms with E-state index in [1.54, 1.807) is 13.0 Å². The second-order valence-corrected chi connectivity index (χ2v) is 6.68. The van der Waals surface area contributed by atoms with Crippen LogP contribution in [0.3, 0.4) is 0 Å². The fraction of sp³-hybridized carbons (Fsp3) is 0.400. The lowest BCUT2D eigenvalue weighted by Gasteiger charge is -2.32. The molecule has 0 saturated heterocycles. The third-order valence-electron chi connectivity index (χ3n) is 4.11. The summed E-state index contributed by atoms with van der Waals surface area (Å²) in [4.78, 5) is 22.4. The highest BCUT2D eigenvalue weighted by Crippen LogP contribution is 2.39. The van der Waals surface area contributed by atoms with Crippen molar-refractivity contribution in [3.05, 3.63) is 58.7 Å². The van der Waals surface area contributed by atoms with Crippen molar-refractivity contribution in [1.29, 1.82) is 0 Å². The summed E-state index contributed by atoms with van der Waals surface area (Å²) in [7, 11) is 0. The maximum Gasteiger partial charge on any atom is 0.328 e. The van der Waals surface area contributed by atoms with Crippen LogP contribution in [-0.2, 0) is 9.59 Å². The Hall–Kier alpha value is -2.16. The van der Waals surface area contributed by atoms with E-state index < -0.39 is 5.97 Å². The highest BCUT2D eigenvalue weighted by atomic mass is 16.4. The molecule has 0 aromatic carbocycles. The number of carbonyl (C=O) groups is 2. The molecule has 0 radical (unpaired) electrons. The predicted octanol–water partition coefficient (Wildman–Crippen LogP) is 4.78. The van der Waals surface area contributed by atoms with Crippen LogP contribution >= 0.6 is 0 Å². The Morgan fingerprint density at radius 3 is 2.43 bits per heavy atom. The van der Waals surface area contributed by atoms with Gasteiger partial charge in [-0.25, -0.2) is 4.79 Å². The van der Waals surface area contributed by atoms with Gasteiger partial charge in [0.05, 0.1) is 0 Å². The standard InChI is InChI=1S/C20H26O3/c1-14(7-6-8-15(2)13-19(22)23)9-10-17-16(3)18(21)11-12-20(17,4)5/h6-10,13H,11-12H2,1-5H3,(H,22,23)/b8-6-,10-9+,14-7+,15-13-. The van der Waals surface area contributed by atoms with Crippen LogP contribution in [0.1, 0.15) is 47.5 Å². The van der Waals surface area contributed by atoms with E-state index in [-0.39, 0.29) is 11.2 Å². The minimum Gasteiger partial charge on any atom is -0.478 e. The lowest BCUT2D eigenvalue weighted by molar-refractivity contribution is -0.131. The summed E-state index contributed by atoms with van der Waals surface area (Å²) in [6.45, 7) is 9.96. The van der Waals surface area contributed by atoms with Gasteiger partial charge in [0.2, 0.25) is 0 Å². The smallest absolute Gasteiger partial charge is 0.328 e. The fourth-order valence-electron chi connectivity index (χ4n) is 2.62. The van der Waals surface area contributed by atoms with Crippen molar-refractivity contribution in [2.75, 3.05) is 0 Å². The highest BCUT2D eigenvalue weighted by molar-refractivity contribution is 5.97. The Bertz CT molecular complexity index is 638. The van der Waals surface area contributed by atoms with Gasteiger partial charge in [-0.05, 0) is 49.3 Å². The summed E-state index contributed by atoms with van der Waals surface area (Å²) in [5.41, 5.74) is 3.71. The minimum atomic E-state index is -0.945. The van der Waals surface area contributed by atoms with Gasteiger partial charge in [-0.15, -0.1) is 0 Å². The highest BCUT2D eigenvalue weighted by Gasteiger charge is 2.30. The van der Waals surface area contributed by atoms with Crippen LogP contribution < -0.4 is 0 Å². The molecule has 0 fully saturated rings. The fourth-order valence-corrected chi connectivity index (χ4v) is 2.62. The summed E-state index contributed by atoms with van der Waals surface area (Å²) in [6, 6.07) is 0. The van der Waals surface area contributed by atoms with E-state index in [9.17, 15) is 9.59 Å². The normalized spacial score (nSPS) is 20.0. The zero-order valence-electron chi connectivity index (χ0n) is 14.6. The quantitative estimate of drug-likeness (QED) is 0.587. The van der Waals surface area contributed by atoms with Gasteiger partial charge >= 0.3 is 5.97 Å². The predicted molar refractivity (Wildman–Crippen MR) is 94.2 cm³/mol. The first-order chi connectivity index (χ1) is 10.6. The van der Waals surface area contributed by atoms with Gasteiger partial charge in [0.1, 0.15) is 0 Å². The number of allylic oxidation sites excluding steroid dienone is 9. The van der Waals surface area contributed by atoms with Crippen LogP contribution in [-0.4, -0.2) is 16.9 Å². The molecular formula is C20H26O3. The number of carboxylic acids is 1. The van der Waals surface area contributed by atoms with Crippen molar-refractivity contribution in [2.24, 2.45) is 5.41 Å². The van der Waals surface area contributed by atoms with E-state index >= 15 is 0 Å². The SMILES string of the molecule is CC1=C(/C=C/C(C)=C/C=C\C(C)=C/C(=O)O)C(C)(C)CCC1=O. The van der Waals surface area contributed by atoms with Crippen molar-refractivity contribution in [3.8, 4) is 0 Å². The summed E-state index contributed by atoms with van der Waals surface area (Å²) >= 11 is 0. The number of hydrogen-bond donors (Lipinski definition) is 1. The number of carbonyl (C=O) groups excluding carboxylic acids is 1. The average Bonchev–Trinajstić information content (AvgIpc) is 2.42. The Morgan fingerprint density at radius 2 is 1.83 bits per heavy atom. The summed E-state index contributed by atoms with van der Waals surface area (Å²) in [6.07, 6.45) is 12.2. The van der Waals surface area contributed by atoms with Gasteiger partial charge in [0.15, 0.2) is 5.78 Å². The molecule has 0 amide bonds. The van der Waals surface area contributed by atoms with E-state index in [1.807, 2.05) is 38.2 Å². The Labute approximate surface area is 138 Å². The van der Waals surface area contributed by atoms with Crippen LogP contribution in [0.25, 0.3) is 0 Å². The molecule has 0 aromatic heterocycles. The van der Waals surface area contributed by atoms with Crippen LogP contribution in [0.4, 0.5) is 0 Å². The number of Topliss-reactive ketones (excluding diaryl/α,β-unsaturated/α-hetero) is 1. The first-order valence-corrected chi connectivity index (χ1v) is 7.82. The summed E-state index contributed by atoms with van der Waals surface area (Å²) < 4.78 is 0. The molecule has 1 N–H and O–H groups in total. The Kier molecular flexibility index (Phi) is 6.49. The third kappa shape index (κ3) is 5.85. The maximum absolute atomic E-state index is 11.9. The topological polar surface area (TPSA) is 54.4 Å². The van der Waals surface area contributed by atoms with Crippen LogP contribution in [0.15, 0.2) is 58.7 Å². The van der Waals surface area contributed by atoms with E-state index in [0.29, 0.717) is 12.0 Å². The van der Waals surface area contributed by atoms with Crippen molar-refractivity contribution < 1.29 is 14.7 Å². The molecule has 0 bridgehead atoms. The maximum atomic E-state index is 11.9. The van der Waals surface area contributed by atoms with E-state index in [2.05, 4.69) is 13.8 Å².